The molecule has 11 heteroatoms. The van der Waals surface area contributed by atoms with Crippen LogP contribution in [0.4, 0.5) is 11.4 Å². The summed E-state index contributed by atoms with van der Waals surface area (Å²) in [4.78, 5) is 23.8. The molecule has 2 aromatic carbocycles. The van der Waals surface area contributed by atoms with Crippen LogP contribution in [0.5, 0.6) is 0 Å². The largest absolute Gasteiger partial charge is 0.456 e. The molecule has 0 radical (unpaired) electrons. The predicted molar refractivity (Wildman–Crippen MR) is 122 cm³/mol. The highest BCUT2D eigenvalue weighted by atomic mass is 32.2. The van der Waals surface area contributed by atoms with Gasteiger partial charge in [-0.15, -0.1) is 0 Å². The maximum atomic E-state index is 12.9. The topological polar surface area (TPSA) is 149 Å². The van der Waals surface area contributed by atoms with Crippen molar-refractivity contribution in [3.63, 3.8) is 0 Å². The summed E-state index contributed by atoms with van der Waals surface area (Å²) in [5.41, 5.74) is 2.06. The second kappa shape index (κ2) is 8.11. The zero-order valence-electron chi connectivity index (χ0n) is 17.6. The van der Waals surface area contributed by atoms with E-state index in [2.05, 4.69) is 5.10 Å². The first kappa shape index (κ1) is 22.1. The Hall–Kier alpha value is -4.09. The molecular weight excluding hydrogens is 448 g/mol. The summed E-state index contributed by atoms with van der Waals surface area (Å²) in [6, 6.07) is 13.5. The molecule has 1 aromatic heterocycles. The molecule has 0 spiro atoms. The molecule has 1 aliphatic heterocycles. The van der Waals surface area contributed by atoms with Crippen molar-refractivity contribution >= 4 is 39.1 Å². The smallest absolute Gasteiger partial charge is 0.280 e. The third kappa shape index (κ3) is 4.31. The minimum Gasteiger partial charge on any atom is -0.456 e. The standard InChI is InChI=1S/C22H18N4O6S/c1-13-3-9-18(20(11-13)26(28)29)21-10-6-16(32-21)12-19-14(2)24-25(22(19)27)15-4-7-17(8-5-15)33(23,30)31/h3-12H,1-2H3,(H2,23,30,31)/b19-12-. The Labute approximate surface area is 188 Å². The monoisotopic (exact) mass is 466 g/mol. The zero-order valence-corrected chi connectivity index (χ0v) is 18.4. The molecule has 3 aromatic rings. The van der Waals surface area contributed by atoms with Gasteiger partial charge in [-0.3, -0.25) is 14.9 Å². The Kier molecular flexibility index (Phi) is 5.44. The molecule has 0 saturated heterocycles. The third-order valence-electron chi connectivity index (χ3n) is 5.00. The van der Waals surface area contributed by atoms with E-state index in [1.165, 1.54) is 36.4 Å². The van der Waals surface area contributed by atoms with Gasteiger partial charge in [-0.25, -0.2) is 13.6 Å². The molecule has 0 unspecified atom stereocenters. The van der Waals surface area contributed by atoms with Crippen molar-refractivity contribution in [2.75, 3.05) is 5.01 Å². The van der Waals surface area contributed by atoms with Gasteiger partial charge in [-0.2, -0.15) is 10.1 Å². The minimum atomic E-state index is -3.86. The summed E-state index contributed by atoms with van der Waals surface area (Å²) in [7, 11) is -3.86. The Balaban J connectivity index is 1.63. The first-order valence-electron chi connectivity index (χ1n) is 9.64. The maximum absolute atomic E-state index is 12.9. The van der Waals surface area contributed by atoms with Crippen molar-refractivity contribution in [3.05, 3.63) is 81.6 Å². The number of hydrogen-bond donors (Lipinski definition) is 1. The number of nitro groups is 1. The van der Waals surface area contributed by atoms with Gasteiger partial charge in [0.15, 0.2) is 0 Å². The number of carbonyl (C=O) groups is 1. The van der Waals surface area contributed by atoms with Crippen molar-refractivity contribution in [2.45, 2.75) is 18.7 Å². The normalized spacial score (nSPS) is 15.2. The SMILES string of the molecule is CC1=NN(c2ccc(S(N)(=O)=O)cc2)C(=O)/C1=C\c1ccc(-c2ccc(C)cc2[N+](=O)[O-])o1. The Morgan fingerprint density at radius 3 is 2.42 bits per heavy atom. The van der Waals surface area contributed by atoms with E-state index in [0.29, 0.717) is 28.5 Å². The van der Waals surface area contributed by atoms with Crippen molar-refractivity contribution in [2.24, 2.45) is 10.2 Å². The number of furan rings is 1. The molecule has 10 nitrogen and oxygen atoms in total. The highest BCUT2D eigenvalue weighted by Gasteiger charge is 2.29. The number of nitro benzene ring substituents is 1. The van der Waals surface area contributed by atoms with Crippen molar-refractivity contribution in [1.29, 1.82) is 0 Å². The Bertz CT molecular complexity index is 1450. The van der Waals surface area contributed by atoms with Gasteiger partial charge < -0.3 is 4.42 Å². The average molecular weight is 466 g/mol. The van der Waals surface area contributed by atoms with E-state index >= 15 is 0 Å². The summed E-state index contributed by atoms with van der Waals surface area (Å²) >= 11 is 0. The molecule has 168 valence electrons. The maximum Gasteiger partial charge on any atom is 0.280 e. The second-order valence-corrected chi connectivity index (χ2v) is 8.94. The highest BCUT2D eigenvalue weighted by Crippen LogP contribution is 2.33. The van der Waals surface area contributed by atoms with Crippen molar-refractivity contribution in [1.82, 2.24) is 0 Å². The van der Waals surface area contributed by atoms with E-state index in [-0.39, 0.29) is 16.2 Å². The Morgan fingerprint density at radius 1 is 1.09 bits per heavy atom. The lowest BCUT2D eigenvalue weighted by atomic mass is 10.1. The van der Waals surface area contributed by atoms with Crippen LogP contribution in [0.2, 0.25) is 0 Å². The third-order valence-corrected chi connectivity index (χ3v) is 5.93. The molecule has 0 bridgehead atoms. The number of primary sulfonamides is 1. The van der Waals surface area contributed by atoms with Crippen LogP contribution in [-0.4, -0.2) is 25.0 Å². The van der Waals surface area contributed by atoms with Crippen LogP contribution in [0.25, 0.3) is 17.4 Å². The lowest BCUT2D eigenvalue weighted by Gasteiger charge is -2.11. The molecule has 1 aliphatic rings. The number of sulfonamides is 1. The van der Waals surface area contributed by atoms with E-state index in [1.54, 1.807) is 38.1 Å². The number of hydrogen-bond acceptors (Lipinski definition) is 7. The number of anilines is 1. The fraction of sp³-hybridized carbons (Fsp3) is 0.0909. The van der Waals surface area contributed by atoms with Crippen LogP contribution >= 0.6 is 0 Å². The van der Waals surface area contributed by atoms with Crippen LogP contribution < -0.4 is 10.1 Å². The number of benzene rings is 2. The number of nitrogens with zero attached hydrogens (tertiary/aromatic N) is 3. The van der Waals surface area contributed by atoms with Crippen molar-refractivity contribution in [3.8, 4) is 11.3 Å². The van der Waals surface area contributed by atoms with Gasteiger partial charge in [0.2, 0.25) is 10.0 Å². The van der Waals surface area contributed by atoms with Crippen LogP contribution in [0.15, 0.2) is 74.6 Å². The summed E-state index contributed by atoms with van der Waals surface area (Å²) in [5.74, 6) is 0.184. The predicted octanol–water partition coefficient (Wildman–Crippen LogP) is 3.62. The van der Waals surface area contributed by atoms with Crippen LogP contribution in [0, 0.1) is 17.0 Å². The number of hydrazone groups is 1. The van der Waals surface area contributed by atoms with E-state index in [0.717, 1.165) is 10.6 Å². The van der Waals surface area contributed by atoms with Gasteiger partial charge in [-0.05, 0) is 68.0 Å². The molecule has 1 amide bonds. The molecule has 0 fully saturated rings. The Morgan fingerprint density at radius 2 is 1.79 bits per heavy atom. The lowest BCUT2D eigenvalue weighted by molar-refractivity contribution is -0.384. The first-order chi connectivity index (χ1) is 15.5. The van der Waals surface area contributed by atoms with E-state index < -0.39 is 20.9 Å². The summed E-state index contributed by atoms with van der Waals surface area (Å²) in [6.07, 6.45) is 1.50. The van der Waals surface area contributed by atoms with E-state index in [4.69, 9.17) is 9.56 Å². The van der Waals surface area contributed by atoms with Gasteiger partial charge in [-0.1, -0.05) is 6.07 Å². The second-order valence-electron chi connectivity index (χ2n) is 7.38. The molecular formula is C22H18N4O6S. The fourth-order valence-corrected chi connectivity index (χ4v) is 3.87. The quantitative estimate of drug-likeness (QED) is 0.345. The van der Waals surface area contributed by atoms with Crippen LogP contribution in [0.3, 0.4) is 0 Å². The molecule has 0 aliphatic carbocycles. The molecule has 33 heavy (non-hydrogen) atoms. The number of aryl methyl sites for hydroxylation is 1. The molecule has 2 heterocycles. The summed E-state index contributed by atoms with van der Waals surface area (Å²) in [5, 5.41) is 21.9. The van der Waals surface area contributed by atoms with Gasteiger partial charge in [0.1, 0.15) is 11.5 Å². The fourth-order valence-electron chi connectivity index (χ4n) is 3.35. The zero-order chi connectivity index (χ0) is 23.9. The lowest BCUT2D eigenvalue weighted by Crippen LogP contribution is -2.21. The van der Waals surface area contributed by atoms with Gasteiger partial charge in [0.25, 0.3) is 11.6 Å². The summed E-state index contributed by atoms with van der Waals surface area (Å²) in [6.45, 7) is 3.41. The number of amides is 1. The van der Waals surface area contributed by atoms with Crippen LogP contribution in [0.1, 0.15) is 18.2 Å². The summed E-state index contributed by atoms with van der Waals surface area (Å²) < 4.78 is 28.6. The van der Waals surface area contributed by atoms with Gasteiger partial charge >= 0.3 is 0 Å². The minimum absolute atomic E-state index is 0.0765. The molecule has 4 rings (SSSR count). The van der Waals surface area contributed by atoms with Crippen molar-refractivity contribution < 1.29 is 22.6 Å². The number of carbonyl (C=O) groups excluding carboxylic acids is 1. The molecule has 2 N–H and O–H groups in total. The van der Waals surface area contributed by atoms with Gasteiger partial charge in [0.05, 0.1) is 32.4 Å². The molecule has 0 atom stereocenters. The average Bonchev–Trinajstić information content (AvgIpc) is 3.33. The highest BCUT2D eigenvalue weighted by molar-refractivity contribution is 7.89. The number of rotatable bonds is 5. The first-order valence-corrected chi connectivity index (χ1v) is 11.2. The van der Waals surface area contributed by atoms with E-state index in [1.807, 2.05) is 0 Å². The number of nitrogens with two attached hydrogens (primary N) is 1. The molecule has 0 saturated carbocycles. The van der Waals surface area contributed by atoms with Crippen LogP contribution in [-0.2, 0) is 14.8 Å². The van der Waals surface area contributed by atoms with E-state index in [9.17, 15) is 23.3 Å². The van der Waals surface area contributed by atoms with Gasteiger partial charge in [0, 0.05) is 6.07 Å².